The van der Waals surface area contributed by atoms with Crippen LogP contribution in [-0.4, -0.2) is 14.4 Å². The van der Waals surface area contributed by atoms with Crippen LogP contribution in [0.2, 0.25) is 0 Å². The quantitative estimate of drug-likeness (QED) is 0.548. The molecule has 0 spiro atoms. The molecule has 0 unspecified atom stereocenters. The van der Waals surface area contributed by atoms with Crippen molar-refractivity contribution in [2.45, 2.75) is 9.92 Å². The number of rotatable bonds is 3. The van der Waals surface area contributed by atoms with Crippen LogP contribution in [-0.2, 0) is 0 Å². The largest absolute Gasteiger partial charge is 0.278 e. The highest BCUT2D eigenvalue weighted by atomic mass is 32.2. The molecule has 0 radical (unpaired) electrons. The highest BCUT2D eigenvalue weighted by Gasteiger charge is 2.15. The summed E-state index contributed by atoms with van der Waals surface area (Å²) in [5, 5.41) is 0.964. The lowest BCUT2D eigenvalue weighted by Crippen LogP contribution is -1.88. The molecule has 112 valence electrons. The van der Waals surface area contributed by atoms with Gasteiger partial charge in [0.25, 0.3) is 0 Å². The molecule has 0 aliphatic rings. The number of fused-ring (bicyclic) bond motifs is 1. The zero-order valence-electron chi connectivity index (χ0n) is 12.1. The Morgan fingerprint density at radius 3 is 2.48 bits per heavy atom. The van der Waals surface area contributed by atoms with Gasteiger partial charge in [0.1, 0.15) is 16.5 Å². The second kappa shape index (κ2) is 5.85. The fourth-order valence-corrected chi connectivity index (χ4v) is 3.36. The van der Waals surface area contributed by atoms with Crippen molar-refractivity contribution in [1.29, 1.82) is 0 Å². The molecule has 0 fully saturated rings. The number of imidazole rings is 1. The van der Waals surface area contributed by atoms with Crippen LogP contribution in [0, 0.1) is 5.82 Å². The molecule has 0 N–H and O–H groups in total. The van der Waals surface area contributed by atoms with E-state index >= 15 is 0 Å². The van der Waals surface area contributed by atoms with E-state index in [0.717, 1.165) is 21.2 Å². The fraction of sp³-hybridized carbons (Fsp3) is 0. The first-order valence-corrected chi connectivity index (χ1v) is 7.95. The second-order valence-corrected chi connectivity index (χ2v) is 6.04. The van der Waals surface area contributed by atoms with Gasteiger partial charge in [0.2, 0.25) is 5.78 Å². The fourth-order valence-electron chi connectivity index (χ4n) is 2.36. The lowest BCUT2D eigenvalue weighted by atomic mass is 10.2. The molecule has 0 aliphatic heterocycles. The van der Waals surface area contributed by atoms with Gasteiger partial charge >= 0.3 is 0 Å². The third-order valence-corrected chi connectivity index (χ3v) is 4.53. The summed E-state index contributed by atoms with van der Waals surface area (Å²) >= 11 is 1.55. The van der Waals surface area contributed by atoms with Crippen molar-refractivity contribution >= 4 is 17.5 Å². The minimum atomic E-state index is -0.238. The van der Waals surface area contributed by atoms with Crippen LogP contribution in [0.4, 0.5) is 4.39 Å². The molecule has 2 aromatic heterocycles. The standard InChI is InChI=1S/C18H12FN3S/c19-14-7-9-15(10-8-14)23-17-16(13-5-2-1-3-6-13)21-18-20-11-4-12-22(17)18/h1-12H. The summed E-state index contributed by atoms with van der Waals surface area (Å²) < 4.78 is 15.1. The number of aromatic nitrogens is 3. The topological polar surface area (TPSA) is 30.2 Å². The van der Waals surface area contributed by atoms with Gasteiger partial charge in [0.05, 0.1) is 0 Å². The third-order valence-electron chi connectivity index (χ3n) is 3.44. The molecular formula is C18H12FN3S. The molecule has 4 aromatic rings. The molecule has 2 heterocycles. The summed E-state index contributed by atoms with van der Waals surface area (Å²) in [6, 6.07) is 18.3. The van der Waals surface area contributed by atoms with E-state index in [9.17, 15) is 4.39 Å². The minimum absolute atomic E-state index is 0.238. The molecule has 0 bridgehead atoms. The SMILES string of the molecule is Fc1ccc(Sc2c(-c3ccccc3)nc3ncccn23)cc1. The van der Waals surface area contributed by atoms with Gasteiger partial charge in [0.15, 0.2) is 0 Å². The molecule has 23 heavy (non-hydrogen) atoms. The van der Waals surface area contributed by atoms with Gasteiger partial charge < -0.3 is 0 Å². The highest BCUT2D eigenvalue weighted by molar-refractivity contribution is 7.99. The van der Waals surface area contributed by atoms with Crippen molar-refractivity contribution in [2.24, 2.45) is 0 Å². The number of benzene rings is 2. The van der Waals surface area contributed by atoms with Crippen molar-refractivity contribution < 1.29 is 4.39 Å². The van der Waals surface area contributed by atoms with Crippen LogP contribution in [0.25, 0.3) is 17.0 Å². The first-order valence-electron chi connectivity index (χ1n) is 7.13. The van der Waals surface area contributed by atoms with Gasteiger partial charge in [-0.25, -0.2) is 14.4 Å². The predicted molar refractivity (Wildman–Crippen MR) is 88.9 cm³/mol. The third kappa shape index (κ3) is 2.71. The molecule has 0 amide bonds. The number of halogens is 1. The van der Waals surface area contributed by atoms with Crippen molar-refractivity contribution in [1.82, 2.24) is 14.4 Å². The van der Waals surface area contributed by atoms with Gasteiger partial charge in [-0.3, -0.25) is 4.40 Å². The number of hydrogen-bond donors (Lipinski definition) is 0. The normalized spacial score (nSPS) is 11.0. The van der Waals surface area contributed by atoms with E-state index in [1.165, 1.54) is 12.1 Å². The summed E-state index contributed by atoms with van der Waals surface area (Å²) in [5.74, 6) is 0.411. The molecule has 2 aromatic carbocycles. The Hall–Kier alpha value is -2.66. The average molecular weight is 321 g/mol. The van der Waals surface area contributed by atoms with E-state index in [0.29, 0.717) is 5.78 Å². The average Bonchev–Trinajstić information content (AvgIpc) is 2.96. The maximum Gasteiger partial charge on any atom is 0.235 e. The lowest BCUT2D eigenvalue weighted by Gasteiger charge is -2.05. The van der Waals surface area contributed by atoms with Gasteiger partial charge in [-0.1, -0.05) is 42.1 Å². The van der Waals surface area contributed by atoms with Crippen molar-refractivity contribution in [3.63, 3.8) is 0 Å². The van der Waals surface area contributed by atoms with Gasteiger partial charge in [-0.15, -0.1) is 0 Å². The van der Waals surface area contributed by atoms with E-state index in [-0.39, 0.29) is 5.82 Å². The Kier molecular flexibility index (Phi) is 3.55. The van der Waals surface area contributed by atoms with E-state index in [1.54, 1.807) is 30.1 Å². The predicted octanol–water partition coefficient (Wildman–Crippen LogP) is 4.69. The summed E-state index contributed by atoms with van der Waals surface area (Å²) in [5.41, 5.74) is 1.90. The van der Waals surface area contributed by atoms with Crippen LogP contribution in [0.15, 0.2) is 83.0 Å². The van der Waals surface area contributed by atoms with Crippen LogP contribution in [0.3, 0.4) is 0 Å². The second-order valence-electron chi connectivity index (χ2n) is 4.98. The first kappa shape index (κ1) is 14.0. The summed E-state index contributed by atoms with van der Waals surface area (Å²) in [4.78, 5) is 9.93. The Morgan fingerprint density at radius 1 is 0.913 bits per heavy atom. The zero-order valence-corrected chi connectivity index (χ0v) is 12.9. The maximum absolute atomic E-state index is 13.1. The Morgan fingerprint density at radius 2 is 1.70 bits per heavy atom. The monoisotopic (exact) mass is 321 g/mol. The summed E-state index contributed by atoms with van der Waals surface area (Å²) in [6.45, 7) is 0. The van der Waals surface area contributed by atoms with E-state index in [4.69, 9.17) is 0 Å². The Bertz CT molecular complexity index is 949. The molecule has 3 nitrogen and oxygen atoms in total. The smallest absolute Gasteiger partial charge is 0.235 e. The molecule has 0 saturated heterocycles. The Balaban J connectivity index is 1.87. The van der Waals surface area contributed by atoms with Crippen molar-refractivity contribution in [3.8, 4) is 11.3 Å². The van der Waals surface area contributed by atoms with Crippen molar-refractivity contribution in [3.05, 3.63) is 78.9 Å². The van der Waals surface area contributed by atoms with E-state index < -0.39 is 0 Å². The maximum atomic E-state index is 13.1. The van der Waals surface area contributed by atoms with E-state index in [2.05, 4.69) is 9.97 Å². The molecule has 4 rings (SSSR count). The van der Waals surface area contributed by atoms with Crippen LogP contribution < -0.4 is 0 Å². The van der Waals surface area contributed by atoms with Crippen LogP contribution >= 0.6 is 11.8 Å². The van der Waals surface area contributed by atoms with Gasteiger partial charge in [0, 0.05) is 22.9 Å². The highest BCUT2D eigenvalue weighted by Crippen LogP contribution is 2.36. The molecule has 0 aliphatic carbocycles. The molecular weight excluding hydrogens is 309 g/mol. The first-order chi connectivity index (χ1) is 11.3. The molecule has 0 saturated carbocycles. The van der Waals surface area contributed by atoms with Crippen LogP contribution in [0.5, 0.6) is 0 Å². The Labute approximate surface area is 136 Å². The minimum Gasteiger partial charge on any atom is -0.278 e. The van der Waals surface area contributed by atoms with Crippen LogP contribution in [0.1, 0.15) is 0 Å². The summed E-state index contributed by atoms with van der Waals surface area (Å²) in [6.07, 6.45) is 3.66. The summed E-state index contributed by atoms with van der Waals surface area (Å²) in [7, 11) is 0. The van der Waals surface area contributed by atoms with Crippen molar-refractivity contribution in [2.75, 3.05) is 0 Å². The lowest BCUT2D eigenvalue weighted by molar-refractivity contribution is 0.626. The molecule has 5 heteroatoms. The molecule has 0 atom stereocenters. The van der Waals surface area contributed by atoms with E-state index in [1.807, 2.05) is 47.0 Å². The zero-order chi connectivity index (χ0) is 15.6. The van der Waals surface area contributed by atoms with Gasteiger partial charge in [-0.05, 0) is 30.3 Å². The number of nitrogens with zero attached hydrogens (tertiary/aromatic N) is 3. The van der Waals surface area contributed by atoms with Gasteiger partial charge in [-0.2, -0.15) is 0 Å². The number of hydrogen-bond acceptors (Lipinski definition) is 3.